The Morgan fingerprint density at radius 3 is 2.69 bits per heavy atom. The molecule has 0 aliphatic rings. The van der Waals surface area contributed by atoms with Crippen LogP contribution in [0.15, 0.2) is 36.0 Å². The van der Waals surface area contributed by atoms with Crippen LogP contribution in [0.1, 0.15) is 10.4 Å². The molecular weight excluding hydrogens is 182 g/mol. The van der Waals surface area contributed by atoms with E-state index in [4.69, 9.17) is 0 Å². The molecule has 0 radical (unpaired) electrons. The number of pyridine rings is 1. The van der Waals surface area contributed by atoms with Gasteiger partial charge in [-0.1, -0.05) is 0 Å². The van der Waals surface area contributed by atoms with Crippen LogP contribution in [-0.2, 0) is 0 Å². The highest BCUT2D eigenvalue weighted by Crippen LogP contribution is 2.25. The van der Waals surface area contributed by atoms with Crippen molar-refractivity contribution in [3.05, 3.63) is 41.5 Å². The predicted octanol–water partition coefficient (Wildman–Crippen LogP) is 2.62. The van der Waals surface area contributed by atoms with Crippen LogP contribution in [0, 0.1) is 0 Å². The molecule has 0 saturated carbocycles. The van der Waals surface area contributed by atoms with Crippen molar-refractivity contribution in [1.29, 1.82) is 0 Å². The Kier molecular flexibility index (Phi) is 2.19. The topological polar surface area (TPSA) is 30.0 Å². The molecule has 0 aromatic carbocycles. The first-order valence-electron chi connectivity index (χ1n) is 3.84. The van der Waals surface area contributed by atoms with E-state index < -0.39 is 0 Å². The zero-order valence-corrected chi connectivity index (χ0v) is 7.62. The molecular formula is C10H7NOS. The lowest BCUT2D eigenvalue weighted by Gasteiger charge is -1.93. The number of aromatic nitrogens is 1. The second-order valence-corrected chi connectivity index (χ2v) is 3.51. The lowest BCUT2D eigenvalue weighted by Crippen LogP contribution is -1.73. The summed E-state index contributed by atoms with van der Waals surface area (Å²) in [5, 5.41) is 1.85. The number of thiophene rings is 1. The van der Waals surface area contributed by atoms with Crippen LogP contribution in [0.5, 0.6) is 0 Å². The van der Waals surface area contributed by atoms with Gasteiger partial charge >= 0.3 is 0 Å². The summed E-state index contributed by atoms with van der Waals surface area (Å²) in [5.41, 5.74) is 1.84. The number of carbonyl (C=O) groups excluding carboxylic acids is 1. The second kappa shape index (κ2) is 3.49. The largest absolute Gasteiger partial charge is 0.298 e. The molecule has 0 N–H and O–H groups in total. The number of carbonyl (C=O) groups is 1. The third-order valence-corrected chi connectivity index (χ3v) is 2.72. The first kappa shape index (κ1) is 8.13. The molecule has 0 saturated heterocycles. The van der Waals surface area contributed by atoms with Gasteiger partial charge in [0, 0.05) is 28.2 Å². The van der Waals surface area contributed by atoms with Gasteiger partial charge in [-0.2, -0.15) is 0 Å². The van der Waals surface area contributed by atoms with Crippen molar-refractivity contribution in [3.8, 4) is 10.4 Å². The highest BCUT2D eigenvalue weighted by molar-refractivity contribution is 7.13. The second-order valence-electron chi connectivity index (χ2n) is 2.60. The van der Waals surface area contributed by atoms with Gasteiger partial charge in [-0.3, -0.25) is 9.78 Å². The highest BCUT2D eigenvalue weighted by atomic mass is 32.1. The molecule has 0 fully saturated rings. The van der Waals surface area contributed by atoms with E-state index in [1.807, 2.05) is 23.6 Å². The molecule has 0 aliphatic heterocycles. The molecule has 0 unspecified atom stereocenters. The Balaban J connectivity index is 2.41. The van der Waals surface area contributed by atoms with Crippen LogP contribution < -0.4 is 0 Å². The van der Waals surface area contributed by atoms with E-state index in [-0.39, 0.29) is 0 Å². The maximum atomic E-state index is 10.4. The molecule has 2 aromatic rings. The van der Waals surface area contributed by atoms with Crippen LogP contribution in [0.2, 0.25) is 0 Å². The van der Waals surface area contributed by atoms with Gasteiger partial charge in [-0.15, -0.1) is 11.3 Å². The fourth-order valence-corrected chi connectivity index (χ4v) is 1.94. The number of hydrogen-bond donors (Lipinski definition) is 0. The summed E-state index contributed by atoms with van der Waals surface area (Å²) in [6, 6.07) is 5.74. The van der Waals surface area contributed by atoms with Crippen molar-refractivity contribution in [2.45, 2.75) is 0 Å². The maximum Gasteiger partial charge on any atom is 0.150 e. The van der Waals surface area contributed by atoms with Gasteiger partial charge in [0.05, 0.1) is 0 Å². The fraction of sp³-hybridized carbons (Fsp3) is 0. The van der Waals surface area contributed by atoms with Crippen LogP contribution in [-0.4, -0.2) is 11.3 Å². The van der Waals surface area contributed by atoms with Gasteiger partial charge in [0.2, 0.25) is 0 Å². The van der Waals surface area contributed by atoms with Crippen molar-refractivity contribution in [2.75, 3.05) is 0 Å². The van der Waals surface area contributed by atoms with Crippen molar-refractivity contribution in [3.63, 3.8) is 0 Å². The predicted molar refractivity (Wildman–Crippen MR) is 52.9 cm³/mol. The highest BCUT2D eigenvalue weighted by Gasteiger charge is 2.00. The minimum Gasteiger partial charge on any atom is -0.298 e. The SMILES string of the molecule is O=Cc1csc(-c2ccncc2)c1. The van der Waals surface area contributed by atoms with E-state index in [0.717, 1.165) is 22.3 Å². The monoisotopic (exact) mass is 189 g/mol. The molecule has 2 aromatic heterocycles. The Labute approximate surface area is 79.9 Å². The van der Waals surface area contributed by atoms with Crippen molar-refractivity contribution >= 4 is 17.6 Å². The van der Waals surface area contributed by atoms with Crippen molar-refractivity contribution < 1.29 is 4.79 Å². The normalized spacial score (nSPS) is 9.85. The zero-order chi connectivity index (χ0) is 9.10. The van der Waals surface area contributed by atoms with Crippen LogP contribution >= 0.6 is 11.3 Å². The van der Waals surface area contributed by atoms with Gasteiger partial charge in [0.25, 0.3) is 0 Å². The summed E-state index contributed by atoms with van der Waals surface area (Å²) >= 11 is 1.57. The van der Waals surface area contributed by atoms with Crippen LogP contribution in [0.4, 0.5) is 0 Å². The smallest absolute Gasteiger partial charge is 0.150 e. The van der Waals surface area contributed by atoms with E-state index in [9.17, 15) is 4.79 Å². The summed E-state index contributed by atoms with van der Waals surface area (Å²) in [6.45, 7) is 0. The van der Waals surface area contributed by atoms with Gasteiger partial charge in [-0.25, -0.2) is 0 Å². The molecule has 2 nitrogen and oxygen atoms in total. The fourth-order valence-electron chi connectivity index (χ4n) is 1.08. The van der Waals surface area contributed by atoms with E-state index >= 15 is 0 Å². The summed E-state index contributed by atoms with van der Waals surface area (Å²) in [6.07, 6.45) is 4.35. The van der Waals surface area contributed by atoms with E-state index in [2.05, 4.69) is 4.98 Å². The molecule has 64 valence electrons. The van der Waals surface area contributed by atoms with Gasteiger partial charge < -0.3 is 0 Å². The minimum atomic E-state index is 0.733. The number of aldehydes is 1. The average Bonchev–Trinajstić information content (AvgIpc) is 2.67. The van der Waals surface area contributed by atoms with Crippen molar-refractivity contribution in [1.82, 2.24) is 4.98 Å². The van der Waals surface area contributed by atoms with Crippen molar-refractivity contribution in [2.24, 2.45) is 0 Å². The standard InChI is InChI=1S/C10H7NOS/c12-6-8-5-10(13-7-8)9-1-3-11-4-2-9/h1-7H. The Morgan fingerprint density at radius 2 is 2.08 bits per heavy atom. The number of hydrogen-bond acceptors (Lipinski definition) is 3. The van der Waals surface area contributed by atoms with Gasteiger partial charge in [0.1, 0.15) is 0 Å². The Bertz CT molecular complexity index is 408. The molecule has 2 rings (SSSR count). The number of nitrogens with zero attached hydrogens (tertiary/aromatic N) is 1. The van der Waals surface area contributed by atoms with Crippen LogP contribution in [0.3, 0.4) is 0 Å². The molecule has 0 spiro atoms. The molecule has 0 amide bonds. The van der Waals surface area contributed by atoms with E-state index in [1.54, 1.807) is 23.7 Å². The molecule has 3 heteroatoms. The zero-order valence-electron chi connectivity index (χ0n) is 6.81. The minimum absolute atomic E-state index is 0.733. The molecule has 13 heavy (non-hydrogen) atoms. The Hall–Kier alpha value is -1.48. The lowest BCUT2D eigenvalue weighted by molar-refractivity contribution is 0.112. The summed E-state index contributed by atoms with van der Waals surface area (Å²) in [4.78, 5) is 15.5. The van der Waals surface area contributed by atoms with E-state index in [0.29, 0.717) is 0 Å². The first-order chi connectivity index (χ1) is 6.40. The lowest BCUT2D eigenvalue weighted by atomic mass is 10.2. The summed E-state index contributed by atoms with van der Waals surface area (Å²) in [5.74, 6) is 0. The maximum absolute atomic E-state index is 10.4. The quantitative estimate of drug-likeness (QED) is 0.680. The summed E-state index contributed by atoms with van der Waals surface area (Å²) in [7, 11) is 0. The van der Waals surface area contributed by atoms with Gasteiger partial charge in [0.15, 0.2) is 6.29 Å². The third-order valence-electron chi connectivity index (χ3n) is 1.72. The van der Waals surface area contributed by atoms with E-state index in [1.165, 1.54) is 0 Å². The number of rotatable bonds is 2. The molecule has 2 heterocycles. The third kappa shape index (κ3) is 1.65. The van der Waals surface area contributed by atoms with Crippen LogP contribution in [0.25, 0.3) is 10.4 Å². The Morgan fingerprint density at radius 1 is 1.31 bits per heavy atom. The molecule has 0 aliphatic carbocycles. The molecule has 0 bridgehead atoms. The average molecular weight is 189 g/mol. The summed E-state index contributed by atoms with van der Waals surface area (Å²) < 4.78 is 0. The first-order valence-corrected chi connectivity index (χ1v) is 4.72. The molecule has 0 atom stereocenters. The van der Waals surface area contributed by atoms with Gasteiger partial charge in [-0.05, 0) is 23.8 Å².